The Morgan fingerprint density at radius 2 is 1.94 bits per heavy atom. The fourth-order valence-electron chi connectivity index (χ4n) is 1.64. The molecule has 0 radical (unpaired) electrons. The van der Waals surface area contributed by atoms with Crippen LogP contribution in [0.5, 0.6) is 0 Å². The Balaban J connectivity index is 2.36. The molecule has 1 rings (SSSR count). The van der Waals surface area contributed by atoms with Gasteiger partial charge in [0.25, 0.3) is 0 Å². The minimum Gasteiger partial charge on any atom is -0.369 e. The summed E-state index contributed by atoms with van der Waals surface area (Å²) < 4.78 is 5.81. The van der Waals surface area contributed by atoms with E-state index < -0.39 is 0 Å². The summed E-state index contributed by atoms with van der Waals surface area (Å²) in [4.78, 5) is 0. The normalized spacial score (nSPS) is 12.7. The van der Waals surface area contributed by atoms with E-state index in [0.717, 1.165) is 18.9 Å². The molecule has 0 fully saturated rings. The van der Waals surface area contributed by atoms with Crippen molar-refractivity contribution in [2.45, 2.75) is 32.8 Å². The van der Waals surface area contributed by atoms with Crippen LogP contribution >= 0.6 is 0 Å². The van der Waals surface area contributed by atoms with Gasteiger partial charge in [-0.3, -0.25) is 0 Å². The summed E-state index contributed by atoms with van der Waals surface area (Å²) in [5, 5.41) is 0. The van der Waals surface area contributed by atoms with Crippen LogP contribution in [0.25, 0.3) is 0 Å². The van der Waals surface area contributed by atoms with Gasteiger partial charge >= 0.3 is 0 Å². The Morgan fingerprint density at radius 3 is 2.50 bits per heavy atom. The number of ether oxygens (including phenoxy) is 1. The Labute approximate surface area is 99.1 Å². The van der Waals surface area contributed by atoms with Gasteiger partial charge in [-0.1, -0.05) is 50.3 Å². The molecule has 16 heavy (non-hydrogen) atoms. The second-order valence-corrected chi connectivity index (χ2v) is 4.47. The van der Waals surface area contributed by atoms with Crippen LogP contribution in [0.3, 0.4) is 0 Å². The summed E-state index contributed by atoms with van der Waals surface area (Å²) in [5.74, 6) is 0.752. The van der Waals surface area contributed by atoms with Crippen LogP contribution in [0.4, 0.5) is 0 Å². The Hall–Kier alpha value is -1.08. The molecular formula is C15H22O. The van der Waals surface area contributed by atoms with Crippen LogP contribution < -0.4 is 0 Å². The summed E-state index contributed by atoms with van der Waals surface area (Å²) >= 11 is 0. The molecule has 0 amide bonds. The minimum absolute atomic E-state index is 0.0355. The molecule has 1 atom stereocenters. The van der Waals surface area contributed by atoms with Crippen LogP contribution in [-0.4, -0.2) is 6.61 Å². The van der Waals surface area contributed by atoms with Gasteiger partial charge in [-0.15, -0.1) is 6.58 Å². The van der Waals surface area contributed by atoms with E-state index in [1.54, 1.807) is 0 Å². The van der Waals surface area contributed by atoms with Crippen molar-refractivity contribution in [3.8, 4) is 0 Å². The maximum Gasteiger partial charge on any atom is 0.100 e. The fourth-order valence-corrected chi connectivity index (χ4v) is 1.64. The first-order valence-electron chi connectivity index (χ1n) is 6.03. The Bertz CT molecular complexity index is 290. The maximum absolute atomic E-state index is 5.81. The molecule has 0 aliphatic carbocycles. The molecule has 0 aromatic heterocycles. The summed E-state index contributed by atoms with van der Waals surface area (Å²) in [6.07, 6.45) is 4.24. The number of benzene rings is 1. The van der Waals surface area contributed by atoms with Crippen molar-refractivity contribution >= 4 is 0 Å². The van der Waals surface area contributed by atoms with Gasteiger partial charge in [-0.25, -0.2) is 0 Å². The average molecular weight is 218 g/mol. The molecule has 1 unspecified atom stereocenters. The van der Waals surface area contributed by atoms with Crippen molar-refractivity contribution in [1.82, 2.24) is 0 Å². The highest BCUT2D eigenvalue weighted by atomic mass is 16.5. The third kappa shape index (κ3) is 4.63. The van der Waals surface area contributed by atoms with Gasteiger partial charge in [0.05, 0.1) is 0 Å². The smallest absolute Gasteiger partial charge is 0.100 e. The van der Waals surface area contributed by atoms with E-state index in [-0.39, 0.29) is 6.10 Å². The SMILES string of the molecule is C=CC(OCCCC(C)C)c1ccccc1. The van der Waals surface area contributed by atoms with Crippen molar-refractivity contribution < 1.29 is 4.74 Å². The van der Waals surface area contributed by atoms with E-state index in [4.69, 9.17) is 4.74 Å². The van der Waals surface area contributed by atoms with E-state index >= 15 is 0 Å². The molecule has 0 saturated carbocycles. The molecule has 1 aromatic carbocycles. The molecule has 0 saturated heterocycles. The second kappa shape index (κ2) is 7.24. The van der Waals surface area contributed by atoms with Gasteiger partial charge in [0.15, 0.2) is 0 Å². The number of hydrogen-bond donors (Lipinski definition) is 0. The second-order valence-electron chi connectivity index (χ2n) is 4.47. The number of rotatable bonds is 7. The van der Waals surface area contributed by atoms with Gasteiger partial charge in [0.2, 0.25) is 0 Å². The van der Waals surface area contributed by atoms with Crippen molar-refractivity contribution in [3.05, 3.63) is 48.6 Å². The summed E-state index contributed by atoms with van der Waals surface area (Å²) in [6.45, 7) is 9.11. The fraction of sp³-hybridized carbons (Fsp3) is 0.467. The van der Waals surface area contributed by atoms with E-state index in [1.807, 2.05) is 24.3 Å². The Morgan fingerprint density at radius 1 is 1.25 bits per heavy atom. The maximum atomic E-state index is 5.81. The first-order valence-corrected chi connectivity index (χ1v) is 6.03. The summed E-state index contributed by atoms with van der Waals surface area (Å²) in [5.41, 5.74) is 1.18. The predicted molar refractivity (Wildman–Crippen MR) is 69.4 cm³/mol. The molecular weight excluding hydrogens is 196 g/mol. The highest BCUT2D eigenvalue weighted by Gasteiger charge is 2.06. The molecule has 0 aliphatic heterocycles. The zero-order chi connectivity index (χ0) is 11.8. The van der Waals surface area contributed by atoms with Crippen molar-refractivity contribution in [1.29, 1.82) is 0 Å². The lowest BCUT2D eigenvalue weighted by Crippen LogP contribution is -2.03. The summed E-state index contributed by atoms with van der Waals surface area (Å²) in [6, 6.07) is 10.2. The molecule has 0 bridgehead atoms. The predicted octanol–water partition coefficient (Wildman–Crippen LogP) is 4.37. The van der Waals surface area contributed by atoms with Crippen LogP contribution in [0.2, 0.25) is 0 Å². The van der Waals surface area contributed by atoms with E-state index in [2.05, 4.69) is 32.6 Å². The molecule has 1 nitrogen and oxygen atoms in total. The van der Waals surface area contributed by atoms with E-state index in [0.29, 0.717) is 0 Å². The van der Waals surface area contributed by atoms with Crippen LogP contribution in [-0.2, 0) is 4.74 Å². The van der Waals surface area contributed by atoms with Gasteiger partial charge in [0, 0.05) is 6.61 Å². The highest BCUT2D eigenvalue weighted by Crippen LogP contribution is 2.18. The first kappa shape index (κ1) is 13.0. The zero-order valence-electron chi connectivity index (χ0n) is 10.4. The lowest BCUT2D eigenvalue weighted by atomic mass is 10.1. The zero-order valence-corrected chi connectivity index (χ0v) is 10.4. The van der Waals surface area contributed by atoms with Gasteiger partial charge in [0.1, 0.15) is 6.10 Å². The molecule has 0 N–H and O–H groups in total. The molecule has 0 spiro atoms. The van der Waals surface area contributed by atoms with Crippen molar-refractivity contribution in [2.24, 2.45) is 5.92 Å². The number of hydrogen-bond acceptors (Lipinski definition) is 1. The standard InChI is InChI=1S/C15H22O/c1-4-15(14-10-6-5-7-11-14)16-12-8-9-13(2)3/h4-7,10-11,13,15H,1,8-9,12H2,2-3H3. The van der Waals surface area contributed by atoms with E-state index in [1.165, 1.54) is 12.0 Å². The lowest BCUT2D eigenvalue weighted by molar-refractivity contribution is 0.0807. The van der Waals surface area contributed by atoms with Crippen LogP contribution in [0.1, 0.15) is 38.4 Å². The third-order valence-corrected chi connectivity index (χ3v) is 2.57. The van der Waals surface area contributed by atoms with Gasteiger partial charge in [-0.2, -0.15) is 0 Å². The lowest BCUT2D eigenvalue weighted by Gasteiger charge is -2.14. The average Bonchev–Trinajstić information content (AvgIpc) is 2.30. The molecule has 0 heterocycles. The molecule has 1 heteroatoms. The van der Waals surface area contributed by atoms with E-state index in [9.17, 15) is 0 Å². The van der Waals surface area contributed by atoms with Gasteiger partial charge < -0.3 is 4.74 Å². The minimum atomic E-state index is 0.0355. The van der Waals surface area contributed by atoms with Crippen molar-refractivity contribution in [2.75, 3.05) is 6.61 Å². The molecule has 1 aromatic rings. The first-order chi connectivity index (χ1) is 7.74. The van der Waals surface area contributed by atoms with Crippen LogP contribution in [0.15, 0.2) is 43.0 Å². The molecule has 88 valence electrons. The topological polar surface area (TPSA) is 9.23 Å². The summed E-state index contributed by atoms with van der Waals surface area (Å²) in [7, 11) is 0. The Kier molecular flexibility index (Phi) is 5.87. The monoisotopic (exact) mass is 218 g/mol. The largest absolute Gasteiger partial charge is 0.369 e. The highest BCUT2D eigenvalue weighted by molar-refractivity contribution is 5.20. The van der Waals surface area contributed by atoms with Crippen molar-refractivity contribution in [3.63, 3.8) is 0 Å². The van der Waals surface area contributed by atoms with Crippen LogP contribution in [0, 0.1) is 5.92 Å². The third-order valence-electron chi connectivity index (χ3n) is 2.57. The van der Waals surface area contributed by atoms with Gasteiger partial charge in [-0.05, 0) is 24.3 Å². The quantitative estimate of drug-likeness (QED) is 0.488. The molecule has 0 aliphatic rings.